The Labute approximate surface area is 176 Å². The Morgan fingerprint density at radius 2 is 1.87 bits per heavy atom. The number of nitrogens with one attached hydrogen (secondary N) is 2. The molecule has 1 aliphatic rings. The summed E-state index contributed by atoms with van der Waals surface area (Å²) in [6.45, 7) is 0. The number of aromatic nitrogens is 2. The van der Waals surface area contributed by atoms with E-state index >= 15 is 0 Å². The van der Waals surface area contributed by atoms with Crippen molar-refractivity contribution < 1.29 is 19.1 Å². The molecule has 2 aromatic carbocycles. The molecule has 4 rings (SSSR count). The van der Waals surface area contributed by atoms with Crippen LogP contribution in [0.15, 0.2) is 54.7 Å². The standard InChI is InChI=1S/C21H17ClN4O4/c1-30-21(29)13-4-8-15(9-5-13)24-20(28)17-10-18(27)25-19-16(11-23-26(17)19)12-2-6-14(22)7-3-12/h2-9,11,17H,10H2,1H3,(H,24,28)(H,25,27). The summed E-state index contributed by atoms with van der Waals surface area (Å²) in [7, 11) is 1.30. The quantitative estimate of drug-likeness (QED) is 0.624. The number of hydrogen-bond acceptors (Lipinski definition) is 5. The maximum absolute atomic E-state index is 12.9. The van der Waals surface area contributed by atoms with Crippen molar-refractivity contribution in [3.63, 3.8) is 0 Å². The van der Waals surface area contributed by atoms with E-state index in [9.17, 15) is 14.4 Å². The molecule has 0 radical (unpaired) electrons. The first-order valence-electron chi connectivity index (χ1n) is 9.09. The van der Waals surface area contributed by atoms with Gasteiger partial charge < -0.3 is 15.4 Å². The van der Waals surface area contributed by atoms with Gasteiger partial charge in [0.25, 0.3) is 0 Å². The van der Waals surface area contributed by atoms with Gasteiger partial charge in [0.05, 0.1) is 25.3 Å². The zero-order valence-electron chi connectivity index (χ0n) is 15.9. The summed E-state index contributed by atoms with van der Waals surface area (Å²) in [5.74, 6) is -0.676. The fourth-order valence-corrected chi connectivity index (χ4v) is 3.37. The maximum Gasteiger partial charge on any atom is 0.337 e. The number of rotatable bonds is 4. The highest BCUT2D eigenvalue weighted by atomic mass is 35.5. The molecule has 0 aliphatic carbocycles. The second kappa shape index (κ2) is 8.00. The first-order valence-corrected chi connectivity index (χ1v) is 9.46. The second-order valence-corrected chi connectivity index (χ2v) is 7.12. The molecule has 2 heterocycles. The molecule has 1 unspecified atom stereocenters. The van der Waals surface area contributed by atoms with E-state index < -0.39 is 12.0 Å². The zero-order chi connectivity index (χ0) is 21.3. The Kier molecular flexibility index (Phi) is 5.24. The number of anilines is 2. The van der Waals surface area contributed by atoms with E-state index in [2.05, 4.69) is 20.5 Å². The third-order valence-corrected chi connectivity index (χ3v) is 5.01. The summed E-state index contributed by atoms with van der Waals surface area (Å²) in [6.07, 6.45) is 1.57. The zero-order valence-corrected chi connectivity index (χ0v) is 16.6. The number of carbonyl (C=O) groups excluding carboxylic acids is 3. The van der Waals surface area contributed by atoms with Crippen molar-refractivity contribution in [1.29, 1.82) is 0 Å². The van der Waals surface area contributed by atoms with E-state index in [0.717, 1.165) is 5.56 Å². The average Bonchev–Trinajstić information content (AvgIpc) is 3.17. The number of ether oxygens (including phenoxy) is 1. The number of fused-ring (bicyclic) bond motifs is 1. The summed E-state index contributed by atoms with van der Waals surface area (Å²) in [5.41, 5.74) is 2.38. The minimum Gasteiger partial charge on any atom is -0.465 e. The molecule has 2 amide bonds. The van der Waals surface area contributed by atoms with Crippen LogP contribution < -0.4 is 10.6 Å². The van der Waals surface area contributed by atoms with Crippen molar-refractivity contribution in [3.05, 3.63) is 65.3 Å². The monoisotopic (exact) mass is 424 g/mol. The summed E-state index contributed by atoms with van der Waals surface area (Å²) >= 11 is 5.95. The van der Waals surface area contributed by atoms with Gasteiger partial charge in [-0.2, -0.15) is 5.10 Å². The van der Waals surface area contributed by atoms with Gasteiger partial charge in [0.2, 0.25) is 11.8 Å². The van der Waals surface area contributed by atoms with Gasteiger partial charge in [0.1, 0.15) is 11.9 Å². The minimum absolute atomic E-state index is 0.0409. The lowest BCUT2D eigenvalue weighted by Gasteiger charge is -2.24. The normalized spacial score (nSPS) is 15.1. The lowest BCUT2D eigenvalue weighted by Crippen LogP contribution is -2.35. The molecule has 1 atom stereocenters. The SMILES string of the molecule is COC(=O)c1ccc(NC(=O)C2CC(=O)Nc3c(-c4ccc(Cl)cc4)cnn32)cc1. The molecule has 0 saturated carbocycles. The molecule has 0 spiro atoms. The van der Waals surface area contributed by atoms with Gasteiger partial charge >= 0.3 is 5.97 Å². The van der Waals surface area contributed by atoms with Gasteiger partial charge in [-0.1, -0.05) is 23.7 Å². The Bertz CT molecular complexity index is 1120. The van der Waals surface area contributed by atoms with Crippen LogP contribution in [0.3, 0.4) is 0 Å². The summed E-state index contributed by atoms with van der Waals surface area (Å²) < 4.78 is 6.16. The lowest BCUT2D eigenvalue weighted by molar-refractivity contribution is -0.125. The van der Waals surface area contributed by atoms with Crippen molar-refractivity contribution in [2.75, 3.05) is 17.7 Å². The van der Waals surface area contributed by atoms with Crippen molar-refractivity contribution >= 4 is 40.9 Å². The maximum atomic E-state index is 12.9. The smallest absolute Gasteiger partial charge is 0.337 e. The van der Waals surface area contributed by atoms with E-state index in [0.29, 0.717) is 27.7 Å². The minimum atomic E-state index is -0.810. The van der Waals surface area contributed by atoms with Crippen molar-refractivity contribution in [2.24, 2.45) is 0 Å². The van der Waals surface area contributed by atoms with Crippen molar-refractivity contribution in [3.8, 4) is 11.1 Å². The molecule has 0 bridgehead atoms. The number of nitrogens with zero attached hydrogens (tertiary/aromatic N) is 2. The van der Waals surface area contributed by atoms with Crippen LogP contribution in [0.4, 0.5) is 11.5 Å². The number of esters is 1. The number of benzene rings is 2. The summed E-state index contributed by atoms with van der Waals surface area (Å²) in [6, 6.07) is 12.6. The molecule has 9 heteroatoms. The fraction of sp³-hybridized carbons (Fsp3) is 0.143. The number of amides is 2. The molecular formula is C21H17ClN4O4. The molecule has 8 nitrogen and oxygen atoms in total. The Morgan fingerprint density at radius 1 is 1.17 bits per heavy atom. The van der Waals surface area contributed by atoms with Crippen LogP contribution >= 0.6 is 11.6 Å². The van der Waals surface area contributed by atoms with Crippen LogP contribution in [0.25, 0.3) is 11.1 Å². The van der Waals surface area contributed by atoms with Crippen molar-refractivity contribution in [1.82, 2.24) is 9.78 Å². The van der Waals surface area contributed by atoms with E-state index in [1.807, 2.05) is 12.1 Å². The van der Waals surface area contributed by atoms with Crippen LogP contribution in [0, 0.1) is 0 Å². The largest absolute Gasteiger partial charge is 0.465 e. The molecule has 1 aromatic heterocycles. The Hall–Kier alpha value is -3.65. The molecule has 30 heavy (non-hydrogen) atoms. The molecular weight excluding hydrogens is 408 g/mol. The number of halogens is 1. The average molecular weight is 425 g/mol. The highest BCUT2D eigenvalue weighted by Gasteiger charge is 2.33. The van der Waals surface area contributed by atoms with Crippen LogP contribution in [-0.4, -0.2) is 34.7 Å². The van der Waals surface area contributed by atoms with E-state index in [1.165, 1.54) is 11.8 Å². The molecule has 3 aromatic rings. The number of methoxy groups -OCH3 is 1. The van der Waals surface area contributed by atoms with E-state index in [4.69, 9.17) is 11.6 Å². The highest BCUT2D eigenvalue weighted by molar-refractivity contribution is 6.30. The van der Waals surface area contributed by atoms with Gasteiger partial charge in [0, 0.05) is 16.3 Å². The first-order chi connectivity index (χ1) is 14.5. The van der Waals surface area contributed by atoms with Crippen LogP contribution in [0.2, 0.25) is 5.02 Å². The van der Waals surface area contributed by atoms with E-state index in [-0.39, 0.29) is 18.2 Å². The fourth-order valence-electron chi connectivity index (χ4n) is 3.25. The van der Waals surface area contributed by atoms with Crippen LogP contribution in [-0.2, 0) is 14.3 Å². The molecule has 0 fully saturated rings. The summed E-state index contributed by atoms with van der Waals surface area (Å²) in [5, 5.41) is 10.5. The predicted molar refractivity (Wildman–Crippen MR) is 111 cm³/mol. The molecule has 152 valence electrons. The topological polar surface area (TPSA) is 102 Å². The van der Waals surface area contributed by atoms with Gasteiger partial charge in [0.15, 0.2) is 0 Å². The highest BCUT2D eigenvalue weighted by Crippen LogP contribution is 2.34. The molecule has 1 aliphatic heterocycles. The van der Waals surface area contributed by atoms with Gasteiger partial charge in [-0.15, -0.1) is 0 Å². The molecule has 2 N–H and O–H groups in total. The molecule has 0 saturated heterocycles. The lowest BCUT2D eigenvalue weighted by atomic mass is 10.1. The van der Waals surface area contributed by atoms with E-state index in [1.54, 1.807) is 42.6 Å². The van der Waals surface area contributed by atoms with Gasteiger partial charge in [-0.3, -0.25) is 9.59 Å². The second-order valence-electron chi connectivity index (χ2n) is 6.68. The summed E-state index contributed by atoms with van der Waals surface area (Å²) in [4.78, 5) is 36.7. The van der Waals surface area contributed by atoms with Gasteiger partial charge in [-0.25, -0.2) is 9.48 Å². The van der Waals surface area contributed by atoms with Crippen LogP contribution in [0.1, 0.15) is 22.8 Å². The Morgan fingerprint density at radius 3 is 2.53 bits per heavy atom. The van der Waals surface area contributed by atoms with Crippen molar-refractivity contribution in [2.45, 2.75) is 12.5 Å². The predicted octanol–water partition coefficient (Wildman–Crippen LogP) is 3.51. The van der Waals surface area contributed by atoms with Gasteiger partial charge in [-0.05, 0) is 42.0 Å². The third-order valence-electron chi connectivity index (χ3n) is 4.76. The van der Waals surface area contributed by atoms with Crippen LogP contribution in [0.5, 0.6) is 0 Å². The first kappa shape index (κ1) is 19.7. The third kappa shape index (κ3) is 3.77. The Balaban J connectivity index is 1.58. The number of hydrogen-bond donors (Lipinski definition) is 2. The number of carbonyl (C=O) groups is 3.